The summed E-state index contributed by atoms with van der Waals surface area (Å²) >= 11 is 12.3. The van der Waals surface area contributed by atoms with Gasteiger partial charge in [0.05, 0.1) is 15.6 Å². The Morgan fingerprint density at radius 1 is 0.844 bits per heavy atom. The number of hydrogen-bond acceptors (Lipinski definition) is 3. The second-order valence-corrected chi connectivity index (χ2v) is 9.70. The van der Waals surface area contributed by atoms with Gasteiger partial charge in [-0.05, 0) is 41.8 Å². The van der Waals surface area contributed by atoms with Gasteiger partial charge in [0.25, 0.3) is 10.0 Å². The molecular weight excluding hydrogens is 467 g/mol. The van der Waals surface area contributed by atoms with E-state index in [1.165, 1.54) is 30.3 Å². The molecule has 32 heavy (non-hydrogen) atoms. The molecule has 1 N–H and O–H groups in total. The van der Waals surface area contributed by atoms with E-state index in [1.54, 1.807) is 24.3 Å². The Balaban J connectivity index is 1.71. The first-order valence-electron chi connectivity index (χ1n) is 9.67. The highest BCUT2D eigenvalue weighted by Gasteiger charge is 2.29. The lowest BCUT2D eigenvalue weighted by Crippen LogP contribution is -2.38. The van der Waals surface area contributed by atoms with Gasteiger partial charge in [0.2, 0.25) is 5.91 Å². The largest absolute Gasteiger partial charge is 0.324 e. The average Bonchev–Trinajstić information content (AvgIpc) is 2.79. The fourth-order valence-electron chi connectivity index (χ4n) is 3.36. The molecular formula is C24H18Cl2N2O3S. The van der Waals surface area contributed by atoms with Crippen LogP contribution in [0, 0.1) is 0 Å². The van der Waals surface area contributed by atoms with E-state index in [-0.39, 0.29) is 15.6 Å². The van der Waals surface area contributed by atoms with Gasteiger partial charge in [0.15, 0.2) is 0 Å². The van der Waals surface area contributed by atoms with E-state index in [4.69, 9.17) is 23.2 Å². The van der Waals surface area contributed by atoms with Crippen molar-refractivity contribution in [2.75, 3.05) is 16.2 Å². The van der Waals surface area contributed by atoms with Gasteiger partial charge >= 0.3 is 0 Å². The molecule has 0 saturated carbocycles. The second-order valence-electron chi connectivity index (χ2n) is 7.00. The van der Waals surface area contributed by atoms with Crippen LogP contribution in [-0.2, 0) is 14.8 Å². The van der Waals surface area contributed by atoms with Gasteiger partial charge < -0.3 is 5.32 Å². The number of hydrogen-bond donors (Lipinski definition) is 1. The summed E-state index contributed by atoms with van der Waals surface area (Å²) in [6, 6.07) is 25.5. The lowest BCUT2D eigenvalue weighted by atomic mass is 10.1. The second kappa shape index (κ2) is 9.20. The van der Waals surface area contributed by atoms with Crippen molar-refractivity contribution in [1.29, 1.82) is 0 Å². The highest BCUT2D eigenvalue weighted by molar-refractivity contribution is 7.92. The van der Waals surface area contributed by atoms with Crippen molar-refractivity contribution >= 4 is 61.3 Å². The quantitative estimate of drug-likeness (QED) is 0.365. The van der Waals surface area contributed by atoms with E-state index in [0.29, 0.717) is 10.7 Å². The van der Waals surface area contributed by atoms with Crippen molar-refractivity contribution in [2.24, 2.45) is 0 Å². The summed E-state index contributed by atoms with van der Waals surface area (Å²) in [5.74, 6) is -0.508. The van der Waals surface area contributed by atoms with Crippen LogP contribution < -0.4 is 9.62 Å². The molecule has 8 heteroatoms. The Kier molecular flexibility index (Phi) is 6.37. The standard InChI is InChI=1S/C24H18Cl2N2O3S/c25-18-13-14-23(21(26)15-18)28(32(30,31)19-9-2-1-3-10-19)16-24(29)27-22-12-6-8-17-7-4-5-11-20(17)22/h1-15H,16H2,(H,27,29). The number of nitrogens with one attached hydrogen (secondary N) is 1. The number of carbonyl (C=O) groups excluding carboxylic acids is 1. The molecule has 1 amide bonds. The molecule has 0 radical (unpaired) electrons. The van der Waals surface area contributed by atoms with Gasteiger partial charge in [-0.1, -0.05) is 77.8 Å². The molecule has 0 spiro atoms. The van der Waals surface area contributed by atoms with Crippen molar-refractivity contribution < 1.29 is 13.2 Å². The van der Waals surface area contributed by atoms with Gasteiger partial charge in [0.1, 0.15) is 6.54 Å². The predicted molar refractivity (Wildman–Crippen MR) is 130 cm³/mol. The first-order chi connectivity index (χ1) is 15.4. The summed E-state index contributed by atoms with van der Waals surface area (Å²) in [6.45, 7) is -0.470. The van der Waals surface area contributed by atoms with Crippen molar-refractivity contribution in [3.05, 3.63) is 101 Å². The minimum atomic E-state index is -4.07. The van der Waals surface area contributed by atoms with Gasteiger partial charge in [-0.25, -0.2) is 8.42 Å². The van der Waals surface area contributed by atoms with Crippen molar-refractivity contribution in [3.63, 3.8) is 0 Å². The first-order valence-corrected chi connectivity index (χ1v) is 11.9. The Labute approximate surface area is 196 Å². The molecule has 0 aromatic heterocycles. The maximum atomic E-state index is 13.4. The van der Waals surface area contributed by atoms with Crippen molar-refractivity contribution in [1.82, 2.24) is 0 Å². The fourth-order valence-corrected chi connectivity index (χ4v) is 5.38. The molecule has 0 atom stereocenters. The van der Waals surface area contributed by atoms with E-state index in [1.807, 2.05) is 36.4 Å². The first kappa shape index (κ1) is 22.1. The molecule has 5 nitrogen and oxygen atoms in total. The highest BCUT2D eigenvalue weighted by Crippen LogP contribution is 2.33. The monoisotopic (exact) mass is 484 g/mol. The third-order valence-electron chi connectivity index (χ3n) is 4.86. The van der Waals surface area contributed by atoms with E-state index in [2.05, 4.69) is 5.32 Å². The minimum Gasteiger partial charge on any atom is -0.324 e. The smallest absolute Gasteiger partial charge is 0.264 e. The number of nitrogens with zero attached hydrogens (tertiary/aromatic N) is 1. The van der Waals surface area contributed by atoms with E-state index >= 15 is 0 Å². The molecule has 0 fully saturated rings. The molecule has 162 valence electrons. The molecule has 4 aromatic carbocycles. The Bertz CT molecular complexity index is 1390. The number of rotatable bonds is 6. The summed E-state index contributed by atoms with van der Waals surface area (Å²) < 4.78 is 27.8. The summed E-state index contributed by atoms with van der Waals surface area (Å²) in [6.07, 6.45) is 0. The number of benzene rings is 4. The average molecular weight is 485 g/mol. The van der Waals surface area contributed by atoms with E-state index < -0.39 is 22.5 Å². The van der Waals surface area contributed by atoms with Gasteiger partial charge in [-0.2, -0.15) is 0 Å². The molecule has 0 aliphatic heterocycles. The predicted octanol–water partition coefficient (Wildman–Crippen LogP) is 5.98. The molecule has 0 aliphatic rings. The third-order valence-corrected chi connectivity index (χ3v) is 7.17. The Morgan fingerprint density at radius 2 is 1.53 bits per heavy atom. The van der Waals surface area contributed by atoms with Gasteiger partial charge in [-0.15, -0.1) is 0 Å². The number of fused-ring (bicyclic) bond motifs is 1. The summed E-state index contributed by atoms with van der Waals surface area (Å²) in [7, 11) is -4.07. The molecule has 0 aliphatic carbocycles. The lowest BCUT2D eigenvalue weighted by Gasteiger charge is -2.25. The van der Waals surface area contributed by atoms with Crippen LogP contribution in [-0.4, -0.2) is 20.9 Å². The fraction of sp³-hybridized carbons (Fsp3) is 0.0417. The van der Waals surface area contributed by atoms with Crippen LogP contribution in [0.15, 0.2) is 95.9 Å². The summed E-state index contributed by atoms with van der Waals surface area (Å²) in [5, 5.41) is 5.11. The number of halogens is 2. The molecule has 0 bridgehead atoms. The molecule has 4 aromatic rings. The topological polar surface area (TPSA) is 66.5 Å². The molecule has 0 saturated heterocycles. The molecule has 4 rings (SSSR count). The van der Waals surface area contributed by atoms with Crippen LogP contribution in [0.25, 0.3) is 10.8 Å². The van der Waals surface area contributed by atoms with E-state index in [9.17, 15) is 13.2 Å². The summed E-state index contributed by atoms with van der Waals surface area (Å²) in [4.78, 5) is 13.1. The third kappa shape index (κ3) is 4.58. The number of carbonyl (C=O) groups is 1. The molecule has 0 unspecified atom stereocenters. The highest BCUT2D eigenvalue weighted by atomic mass is 35.5. The lowest BCUT2D eigenvalue weighted by molar-refractivity contribution is -0.114. The zero-order valence-corrected chi connectivity index (χ0v) is 19.0. The Morgan fingerprint density at radius 3 is 2.28 bits per heavy atom. The zero-order chi connectivity index (χ0) is 22.7. The summed E-state index contributed by atoms with van der Waals surface area (Å²) in [5.41, 5.74) is 0.750. The van der Waals surface area contributed by atoms with Gasteiger partial charge in [0, 0.05) is 16.1 Å². The van der Waals surface area contributed by atoms with Crippen LogP contribution in [0.4, 0.5) is 11.4 Å². The van der Waals surface area contributed by atoms with Gasteiger partial charge in [-0.3, -0.25) is 9.10 Å². The number of anilines is 2. The van der Waals surface area contributed by atoms with E-state index in [0.717, 1.165) is 15.1 Å². The molecule has 0 heterocycles. The van der Waals surface area contributed by atoms with Crippen LogP contribution in [0.1, 0.15) is 0 Å². The zero-order valence-electron chi connectivity index (χ0n) is 16.7. The van der Waals surface area contributed by atoms with Crippen LogP contribution >= 0.6 is 23.2 Å². The van der Waals surface area contributed by atoms with Crippen molar-refractivity contribution in [2.45, 2.75) is 4.90 Å². The Hall–Kier alpha value is -3.06. The maximum absolute atomic E-state index is 13.4. The van der Waals surface area contributed by atoms with Crippen molar-refractivity contribution in [3.8, 4) is 0 Å². The van der Waals surface area contributed by atoms with Crippen LogP contribution in [0.5, 0.6) is 0 Å². The normalized spacial score (nSPS) is 11.3. The maximum Gasteiger partial charge on any atom is 0.264 e. The SMILES string of the molecule is O=C(CN(c1ccc(Cl)cc1Cl)S(=O)(=O)c1ccccc1)Nc1cccc2ccccc12. The number of amides is 1. The number of sulfonamides is 1. The minimum absolute atomic E-state index is 0.0453. The van der Waals surface area contributed by atoms with Crippen LogP contribution in [0.3, 0.4) is 0 Å². The van der Waals surface area contributed by atoms with Crippen LogP contribution in [0.2, 0.25) is 10.0 Å².